The quantitative estimate of drug-likeness (QED) is 0.645. The molecule has 7 heteroatoms. The van der Waals surface area contributed by atoms with Crippen LogP contribution in [0.4, 0.5) is 4.39 Å². The summed E-state index contributed by atoms with van der Waals surface area (Å²) in [6.07, 6.45) is 5.16. The Bertz CT molecular complexity index is 1080. The predicted molar refractivity (Wildman–Crippen MR) is 111 cm³/mol. The van der Waals surface area contributed by atoms with Crippen molar-refractivity contribution in [1.82, 2.24) is 15.3 Å². The van der Waals surface area contributed by atoms with Crippen LogP contribution < -0.4 is 10.1 Å². The van der Waals surface area contributed by atoms with Crippen LogP contribution >= 0.6 is 11.3 Å². The van der Waals surface area contributed by atoms with Gasteiger partial charge in [-0.15, -0.1) is 11.3 Å². The van der Waals surface area contributed by atoms with Crippen molar-refractivity contribution in [3.63, 3.8) is 0 Å². The number of hydrogen-bond donors (Lipinski definition) is 1. The van der Waals surface area contributed by atoms with E-state index >= 15 is 0 Å². The van der Waals surface area contributed by atoms with Crippen molar-refractivity contribution in [1.29, 1.82) is 0 Å². The fraction of sp³-hybridized carbons (Fsp3) is 0.227. The van der Waals surface area contributed by atoms with Crippen LogP contribution in [-0.4, -0.2) is 28.5 Å². The lowest BCUT2D eigenvalue weighted by Crippen LogP contribution is -2.33. The van der Waals surface area contributed by atoms with Gasteiger partial charge < -0.3 is 10.1 Å². The highest BCUT2D eigenvalue weighted by Crippen LogP contribution is 2.35. The third-order valence-corrected chi connectivity index (χ3v) is 5.49. The minimum absolute atomic E-state index is 0.204. The Morgan fingerprint density at radius 1 is 1.41 bits per heavy atom. The molecule has 1 atom stereocenters. The maximum absolute atomic E-state index is 14.6. The lowest BCUT2D eigenvalue weighted by atomic mass is 10.0. The number of ether oxygens (including phenoxy) is 1. The van der Waals surface area contributed by atoms with Gasteiger partial charge in [-0.3, -0.25) is 9.78 Å². The number of thiophene rings is 1. The van der Waals surface area contributed by atoms with Gasteiger partial charge in [-0.25, -0.2) is 9.37 Å². The molecule has 148 valence electrons. The molecule has 1 N–H and O–H groups in total. The molecule has 0 radical (unpaired) electrons. The first kappa shape index (κ1) is 19.3. The highest BCUT2D eigenvalue weighted by atomic mass is 32.1. The van der Waals surface area contributed by atoms with Crippen molar-refractivity contribution in [2.24, 2.45) is 0 Å². The smallest absolute Gasteiger partial charge is 0.244 e. The first-order valence-corrected chi connectivity index (χ1v) is 10.2. The van der Waals surface area contributed by atoms with Gasteiger partial charge in [-0.1, -0.05) is 6.07 Å². The Balaban J connectivity index is 1.43. The van der Waals surface area contributed by atoms with E-state index in [1.807, 2.05) is 37.4 Å². The van der Waals surface area contributed by atoms with Crippen molar-refractivity contribution in [2.75, 3.05) is 6.54 Å². The Labute approximate surface area is 172 Å². The molecule has 3 heterocycles. The molecule has 1 aliphatic heterocycles. The van der Waals surface area contributed by atoms with Gasteiger partial charge >= 0.3 is 0 Å². The highest BCUT2D eigenvalue weighted by molar-refractivity contribution is 7.10. The molecule has 1 amide bonds. The Kier molecular flexibility index (Phi) is 5.40. The summed E-state index contributed by atoms with van der Waals surface area (Å²) >= 11 is 1.56. The van der Waals surface area contributed by atoms with Crippen LogP contribution in [0.5, 0.6) is 5.75 Å². The molecule has 1 aromatic carbocycles. The van der Waals surface area contributed by atoms with Crippen LogP contribution in [-0.2, 0) is 11.2 Å². The summed E-state index contributed by atoms with van der Waals surface area (Å²) in [7, 11) is 0. The van der Waals surface area contributed by atoms with Crippen LogP contribution in [0.1, 0.15) is 21.8 Å². The second-order valence-electron chi connectivity index (χ2n) is 6.93. The molecule has 0 spiro atoms. The van der Waals surface area contributed by atoms with Gasteiger partial charge in [0.05, 0.1) is 23.6 Å². The number of halogens is 1. The van der Waals surface area contributed by atoms with Crippen LogP contribution in [0, 0.1) is 19.7 Å². The van der Waals surface area contributed by atoms with Crippen LogP contribution in [0.3, 0.4) is 0 Å². The number of aromatic nitrogens is 2. The van der Waals surface area contributed by atoms with E-state index in [9.17, 15) is 9.18 Å². The molecule has 4 rings (SSSR count). The molecule has 1 aliphatic rings. The molecule has 0 saturated carbocycles. The van der Waals surface area contributed by atoms with Crippen molar-refractivity contribution >= 4 is 23.3 Å². The summed E-state index contributed by atoms with van der Waals surface area (Å²) in [6.45, 7) is 4.01. The number of aryl methyl sites for hydroxylation is 2. The second kappa shape index (κ2) is 8.13. The molecule has 29 heavy (non-hydrogen) atoms. The van der Waals surface area contributed by atoms with Crippen LogP contribution in [0.2, 0.25) is 0 Å². The zero-order chi connectivity index (χ0) is 20.4. The van der Waals surface area contributed by atoms with E-state index in [0.29, 0.717) is 24.2 Å². The molecule has 3 aromatic rings. The molecule has 5 nitrogen and oxygen atoms in total. The Hall–Kier alpha value is -3.06. The molecule has 0 saturated heterocycles. The summed E-state index contributed by atoms with van der Waals surface area (Å²) in [5.41, 5.74) is 3.65. The van der Waals surface area contributed by atoms with E-state index in [0.717, 1.165) is 21.8 Å². The Morgan fingerprint density at radius 2 is 2.28 bits per heavy atom. The average molecular weight is 409 g/mol. The standard InChI is InChI=1S/C22H20FN3O2S/c1-13-11-24-14(2)21(26-13)15-8-16-9-17(28-22(16)19(23)10-15)12-25-20(27)6-5-18-4-3-7-29-18/h3-8,10-11,17H,9,12H2,1-2H3,(H,25,27)/b6-5+/t17-/m0/s1. The van der Waals surface area contributed by atoms with Gasteiger partial charge in [0.2, 0.25) is 5.91 Å². The molecule has 0 aliphatic carbocycles. The number of carbonyl (C=O) groups excluding carboxylic acids is 1. The summed E-state index contributed by atoms with van der Waals surface area (Å²) in [5, 5.41) is 4.77. The van der Waals surface area contributed by atoms with E-state index in [1.54, 1.807) is 23.6 Å². The Morgan fingerprint density at radius 3 is 3.07 bits per heavy atom. The van der Waals surface area contributed by atoms with Gasteiger partial charge in [-0.2, -0.15) is 0 Å². The highest BCUT2D eigenvalue weighted by Gasteiger charge is 2.27. The van der Waals surface area contributed by atoms with E-state index in [2.05, 4.69) is 15.3 Å². The monoisotopic (exact) mass is 409 g/mol. The molecule has 0 bridgehead atoms. The number of benzene rings is 1. The minimum Gasteiger partial charge on any atom is -0.485 e. The molecule has 2 aromatic heterocycles. The first-order chi connectivity index (χ1) is 14.0. The van der Waals surface area contributed by atoms with E-state index in [4.69, 9.17) is 4.74 Å². The van der Waals surface area contributed by atoms with Crippen molar-refractivity contribution in [2.45, 2.75) is 26.4 Å². The van der Waals surface area contributed by atoms with E-state index in [-0.39, 0.29) is 17.8 Å². The normalized spacial score (nSPS) is 15.3. The number of carbonyl (C=O) groups is 1. The third kappa shape index (κ3) is 4.35. The first-order valence-electron chi connectivity index (χ1n) is 9.28. The maximum Gasteiger partial charge on any atom is 0.244 e. The van der Waals surface area contributed by atoms with E-state index < -0.39 is 5.82 Å². The maximum atomic E-state index is 14.6. The number of rotatable bonds is 5. The number of hydrogen-bond acceptors (Lipinski definition) is 5. The number of amides is 1. The van der Waals surface area contributed by atoms with Gasteiger partial charge in [0.15, 0.2) is 11.6 Å². The predicted octanol–water partition coefficient (Wildman–Crippen LogP) is 4.09. The average Bonchev–Trinajstić information content (AvgIpc) is 3.36. The summed E-state index contributed by atoms with van der Waals surface area (Å²) < 4.78 is 20.4. The summed E-state index contributed by atoms with van der Waals surface area (Å²) in [4.78, 5) is 21.8. The van der Waals surface area contributed by atoms with Crippen molar-refractivity contribution < 1.29 is 13.9 Å². The summed E-state index contributed by atoms with van der Waals surface area (Å²) in [5.74, 6) is -0.378. The lowest BCUT2D eigenvalue weighted by molar-refractivity contribution is -0.116. The lowest BCUT2D eigenvalue weighted by Gasteiger charge is -2.11. The summed E-state index contributed by atoms with van der Waals surface area (Å²) in [6, 6.07) is 7.19. The minimum atomic E-state index is -0.424. The van der Waals surface area contributed by atoms with E-state index in [1.165, 1.54) is 12.1 Å². The largest absolute Gasteiger partial charge is 0.485 e. The fourth-order valence-electron chi connectivity index (χ4n) is 3.27. The van der Waals surface area contributed by atoms with Crippen LogP contribution in [0.15, 0.2) is 41.9 Å². The molecule has 0 fully saturated rings. The second-order valence-corrected chi connectivity index (χ2v) is 7.91. The number of fused-ring (bicyclic) bond motifs is 1. The van der Waals surface area contributed by atoms with Crippen molar-refractivity contribution in [3.8, 4) is 17.0 Å². The number of nitrogens with zero attached hydrogens (tertiary/aromatic N) is 2. The SMILES string of the molecule is Cc1cnc(C)c(-c2cc(F)c3c(c2)C[C@@H](CNC(=O)/C=C/c2cccs2)O3)n1. The van der Waals surface area contributed by atoms with Crippen LogP contribution in [0.25, 0.3) is 17.3 Å². The van der Waals surface area contributed by atoms with Gasteiger partial charge in [0, 0.05) is 34.7 Å². The van der Waals surface area contributed by atoms with Crippen molar-refractivity contribution in [3.05, 3.63) is 69.6 Å². The molecular weight excluding hydrogens is 389 g/mol. The topological polar surface area (TPSA) is 64.1 Å². The van der Waals surface area contributed by atoms with Gasteiger partial charge in [0.1, 0.15) is 6.10 Å². The molecular formula is C22H20FN3O2S. The zero-order valence-corrected chi connectivity index (χ0v) is 16.9. The zero-order valence-electron chi connectivity index (χ0n) is 16.1. The molecule has 0 unspecified atom stereocenters. The van der Waals surface area contributed by atoms with Gasteiger partial charge in [-0.05, 0) is 43.5 Å². The number of nitrogens with one attached hydrogen (secondary N) is 1. The van der Waals surface area contributed by atoms with Gasteiger partial charge in [0.25, 0.3) is 0 Å². The third-order valence-electron chi connectivity index (χ3n) is 4.65. The fourth-order valence-corrected chi connectivity index (χ4v) is 3.88.